The van der Waals surface area contributed by atoms with Gasteiger partial charge in [-0.1, -0.05) is 19.4 Å². The average Bonchev–Trinajstić information content (AvgIpc) is 2.43. The van der Waals surface area contributed by atoms with E-state index in [2.05, 4.69) is 15.5 Å². The number of pyridine rings is 1. The van der Waals surface area contributed by atoms with Gasteiger partial charge in [0.1, 0.15) is 11.7 Å². The summed E-state index contributed by atoms with van der Waals surface area (Å²) in [5.41, 5.74) is 8.57. The highest BCUT2D eigenvalue weighted by atomic mass is 16.4. The predicted octanol–water partition coefficient (Wildman–Crippen LogP) is 0.585. The first-order chi connectivity index (χ1) is 9.94. The van der Waals surface area contributed by atoms with E-state index in [0.29, 0.717) is 18.1 Å². The van der Waals surface area contributed by atoms with Crippen molar-refractivity contribution in [2.24, 2.45) is 22.7 Å². The van der Waals surface area contributed by atoms with Gasteiger partial charge in [-0.05, 0) is 25.5 Å². The molecule has 8 nitrogen and oxygen atoms in total. The number of aromatic nitrogens is 1. The van der Waals surface area contributed by atoms with Crippen LogP contribution < -0.4 is 22.8 Å². The molecule has 21 heavy (non-hydrogen) atoms. The zero-order valence-corrected chi connectivity index (χ0v) is 12.4. The summed E-state index contributed by atoms with van der Waals surface area (Å²) >= 11 is 0. The third-order valence-corrected chi connectivity index (χ3v) is 2.66. The third kappa shape index (κ3) is 8.43. The number of carboxylic acids is 1. The van der Waals surface area contributed by atoms with E-state index in [1.54, 1.807) is 6.07 Å². The molecule has 0 bridgehead atoms. The number of nitrogens with one attached hydrogen (secondary N) is 1. The summed E-state index contributed by atoms with van der Waals surface area (Å²) in [6, 6.07) is 5.57. The molecule has 1 rings (SSSR count). The zero-order chi connectivity index (χ0) is 16.3. The van der Waals surface area contributed by atoms with Crippen LogP contribution in [0, 0.1) is 12.8 Å². The van der Waals surface area contributed by atoms with Gasteiger partial charge >= 0.3 is 5.97 Å². The lowest BCUT2D eigenvalue weighted by Gasteiger charge is -2.11. The van der Waals surface area contributed by atoms with Gasteiger partial charge < -0.3 is 22.1 Å². The smallest absolute Gasteiger partial charge is 0.306 e. The van der Waals surface area contributed by atoms with Crippen molar-refractivity contribution < 1.29 is 9.90 Å². The number of aliphatic carboxylic acids is 1. The van der Waals surface area contributed by atoms with E-state index in [4.69, 9.17) is 22.5 Å². The maximum Gasteiger partial charge on any atom is 0.306 e. The standard InChI is InChI=1S/C7H16N4O2.C6H8N2/c1-2-3-5(7(12)13)4-6(10-8)11-9;1-5-3-2-4-6(7)8-5/h5H,2-4,8-9H2,1H3,(H,10,11)(H,12,13);2-4H,1H3,(H2,7,8). The van der Waals surface area contributed by atoms with Crippen molar-refractivity contribution >= 4 is 17.6 Å². The highest BCUT2D eigenvalue weighted by Crippen LogP contribution is 2.11. The van der Waals surface area contributed by atoms with Gasteiger partial charge in [-0.3, -0.25) is 4.79 Å². The third-order valence-electron chi connectivity index (χ3n) is 2.66. The second-order valence-electron chi connectivity index (χ2n) is 4.45. The molecule has 1 atom stereocenters. The van der Waals surface area contributed by atoms with Crippen LogP contribution in [0.1, 0.15) is 31.9 Å². The van der Waals surface area contributed by atoms with Crippen molar-refractivity contribution in [3.63, 3.8) is 0 Å². The molecule has 8 heteroatoms. The Balaban J connectivity index is 0.000000423. The monoisotopic (exact) mass is 296 g/mol. The minimum absolute atomic E-state index is 0.246. The highest BCUT2D eigenvalue weighted by Gasteiger charge is 2.18. The number of aryl methyl sites for hydroxylation is 1. The first-order valence-corrected chi connectivity index (χ1v) is 6.59. The molecule has 0 radical (unpaired) electrons. The van der Waals surface area contributed by atoms with Gasteiger partial charge in [0.25, 0.3) is 0 Å². The van der Waals surface area contributed by atoms with E-state index >= 15 is 0 Å². The van der Waals surface area contributed by atoms with Gasteiger partial charge in [0.05, 0.1) is 5.92 Å². The van der Waals surface area contributed by atoms with Gasteiger partial charge in [-0.15, -0.1) is 0 Å². The van der Waals surface area contributed by atoms with Crippen LogP contribution in [0.2, 0.25) is 0 Å². The predicted molar refractivity (Wildman–Crippen MR) is 83.0 cm³/mol. The lowest BCUT2D eigenvalue weighted by Crippen LogP contribution is -2.34. The molecule has 8 N–H and O–H groups in total. The number of anilines is 1. The summed E-state index contributed by atoms with van der Waals surface area (Å²) < 4.78 is 0. The first-order valence-electron chi connectivity index (χ1n) is 6.59. The molecule has 0 aliphatic carbocycles. The maximum absolute atomic E-state index is 10.7. The molecule has 0 aliphatic rings. The van der Waals surface area contributed by atoms with Crippen molar-refractivity contribution in [3.05, 3.63) is 23.9 Å². The van der Waals surface area contributed by atoms with E-state index in [9.17, 15) is 4.79 Å². The fourth-order valence-electron chi connectivity index (χ4n) is 1.61. The largest absolute Gasteiger partial charge is 0.481 e. The molecule has 0 spiro atoms. The van der Waals surface area contributed by atoms with Crippen LogP contribution in [-0.2, 0) is 4.79 Å². The Labute approximate surface area is 124 Å². The second kappa shape index (κ2) is 10.4. The van der Waals surface area contributed by atoms with Crippen LogP contribution in [0.15, 0.2) is 23.3 Å². The van der Waals surface area contributed by atoms with E-state index in [1.165, 1.54) is 0 Å². The number of amidine groups is 1. The number of hydrogen-bond acceptors (Lipinski definition) is 6. The van der Waals surface area contributed by atoms with Crippen molar-refractivity contribution in [1.29, 1.82) is 0 Å². The van der Waals surface area contributed by atoms with Crippen LogP contribution >= 0.6 is 0 Å². The van der Waals surface area contributed by atoms with Crippen molar-refractivity contribution in [1.82, 2.24) is 10.4 Å². The van der Waals surface area contributed by atoms with Gasteiger partial charge in [0.15, 0.2) is 0 Å². The lowest BCUT2D eigenvalue weighted by atomic mass is 10.00. The number of carboxylic acid groups (broad SMARTS) is 1. The second-order valence-corrected chi connectivity index (χ2v) is 4.45. The Morgan fingerprint density at radius 1 is 1.52 bits per heavy atom. The summed E-state index contributed by atoms with van der Waals surface area (Å²) in [5, 5.41) is 12.1. The first kappa shape index (κ1) is 18.7. The molecule has 1 aromatic rings. The topological polar surface area (TPSA) is 153 Å². The quantitative estimate of drug-likeness (QED) is 0.230. The summed E-state index contributed by atoms with van der Waals surface area (Å²) in [5.74, 6) is 9.63. The van der Waals surface area contributed by atoms with E-state index < -0.39 is 11.9 Å². The van der Waals surface area contributed by atoms with E-state index in [1.807, 2.05) is 26.0 Å². The highest BCUT2D eigenvalue weighted by molar-refractivity contribution is 5.85. The van der Waals surface area contributed by atoms with Gasteiger partial charge in [0.2, 0.25) is 0 Å². The molecule has 0 aliphatic heterocycles. The molecule has 118 valence electrons. The average molecular weight is 296 g/mol. The fourth-order valence-corrected chi connectivity index (χ4v) is 1.61. The van der Waals surface area contributed by atoms with E-state index in [0.717, 1.165) is 12.1 Å². The summed E-state index contributed by atoms with van der Waals surface area (Å²) in [4.78, 5) is 14.6. The maximum atomic E-state index is 10.7. The Morgan fingerprint density at radius 3 is 2.52 bits per heavy atom. The molecule has 0 fully saturated rings. The number of nitrogens with zero attached hydrogens (tertiary/aromatic N) is 2. The van der Waals surface area contributed by atoms with Crippen LogP contribution in [0.4, 0.5) is 5.82 Å². The number of nitrogen functional groups attached to an aromatic ring is 1. The lowest BCUT2D eigenvalue weighted by molar-refractivity contribution is -0.141. The Morgan fingerprint density at radius 2 is 2.19 bits per heavy atom. The molecule has 1 aromatic heterocycles. The van der Waals surface area contributed by atoms with Gasteiger partial charge in [-0.2, -0.15) is 5.10 Å². The van der Waals surface area contributed by atoms with Gasteiger partial charge in [-0.25, -0.2) is 10.8 Å². The van der Waals surface area contributed by atoms with Crippen LogP contribution in [0.3, 0.4) is 0 Å². The molecule has 0 aromatic carbocycles. The van der Waals surface area contributed by atoms with Gasteiger partial charge in [0, 0.05) is 12.1 Å². The van der Waals surface area contributed by atoms with Crippen LogP contribution in [-0.4, -0.2) is 21.9 Å². The molecular weight excluding hydrogens is 272 g/mol. The zero-order valence-electron chi connectivity index (χ0n) is 12.4. The van der Waals surface area contributed by atoms with Crippen LogP contribution in [0.25, 0.3) is 0 Å². The molecule has 0 saturated heterocycles. The van der Waals surface area contributed by atoms with Crippen molar-refractivity contribution in [2.45, 2.75) is 33.1 Å². The Kier molecular flexibility index (Phi) is 9.27. The van der Waals surface area contributed by atoms with Crippen molar-refractivity contribution in [2.75, 3.05) is 5.73 Å². The molecular formula is C13H24N6O2. The molecule has 0 amide bonds. The summed E-state index contributed by atoms with van der Waals surface area (Å²) in [6.45, 7) is 3.83. The summed E-state index contributed by atoms with van der Waals surface area (Å²) in [7, 11) is 0. The normalized spacial score (nSPS) is 12.0. The van der Waals surface area contributed by atoms with Crippen molar-refractivity contribution in [3.8, 4) is 0 Å². The minimum atomic E-state index is -0.849. The van der Waals surface area contributed by atoms with Crippen LogP contribution in [0.5, 0.6) is 0 Å². The number of carbonyl (C=O) groups is 1. The minimum Gasteiger partial charge on any atom is -0.481 e. The molecule has 1 heterocycles. The summed E-state index contributed by atoms with van der Waals surface area (Å²) in [6.07, 6.45) is 1.64. The number of hydrogen-bond donors (Lipinski definition) is 5. The SMILES string of the molecule is CCCC(C/C(=N/N)NN)C(=O)O.Cc1cccc(N)n1. The Bertz CT molecular complexity index is 446. The molecule has 0 saturated carbocycles. The number of rotatable bonds is 5. The number of hydrazine groups is 1. The Hall–Kier alpha value is -2.35. The number of nitrogens with two attached hydrogens (primary N) is 3. The molecule has 1 unspecified atom stereocenters. The fraction of sp³-hybridized carbons (Fsp3) is 0.462. The van der Waals surface area contributed by atoms with E-state index in [-0.39, 0.29) is 6.42 Å². The number of hydrazone groups is 1.